The molecular formula is C20H16Cl2N4O3. The lowest BCUT2D eigenvalue weighted by atomic mass is 10.1. The first-order valence-electron chi connectivity index (χ1n) is 8.74. The molecule has 1 aliphatic heterocycles. The second-order valence-corrected chi connectivity index (χ2v) is 7.22. The number of aromatic nitrogens is 2. The zero-order chi connectivity index (χ0) is 20.5. The maximum Gasteiger partial charge on any atom is 0.251 e. The molecular weight excluding hydrogens is 415 g/mol. The molecule has 2 N–H and O–H groups in total. The highest BCUT2D eigenvalue weighted by atomic mass is 35.5. The highest BCUT2D eigenvalue weighted by Crippen LogP contribution is 2.36. The summed E-state index contributed by atoms with van der Waals surface area (Å²) in [4.78, 5) is 25.0. The second kappa shape index (κ2) is 7.77. The van der Waals surface area contributed by atoms with Crippen molar-refractivity contribution in [1.29, 1.82) is 0 Å². The van der Waals surface area contributed by atoms with Gasteiger partial charge in [-0.15, -0.1) is 0 Å². The van der Waals surface area contributed by atoms with Crippen molar-refractivity contribution >= 4 is 46.5 Å². The van der Waals surface area contributed by atoms with Crippen molar-refractivity contribution in [3.05, 3.63) is 58.7 Å². The van der Waals surface area contributed by atoms with Gasteiger partial charge in [-0.25, -0.2) is 4.68 Å². The number of halogens is 2. The van der Waals surface area contributed by atoms with Crippen LogP contribution >= 0.6 is 23.2 Å². The van der Waals surface area contributed by atoms with Crippen LogP contribution in [0.25, 0.3) is 11.1 Å². The van der Waals surface area contributed by atoms with Crippen LogP contribution in [0, 0.1) is 0 Å². The quantitative estimate of drug-likeness (QED) is 0.628. The number of ether oxygens (including phenoxy) is 1. The normalized spacial score (nSPS) is 15.0. The second-order valence-electron chi connectivity index (χ2n) is 6.44. The van der Waals surface area contributed by atoms with Crippen LogP contribution in [0.5, 0.6) is 5.75 Å². The standard InChI is InChI=1S/C20H16Cl2N4O3/c1-29-12-7-5-11(6-8-12)13-10-23-26-16(20(28)25-19(13)26)9-17(27)24-15-4-2-3-14(21)18(15)22/h2-8,10,16H,9H2,1H3,(H,24,27)(H,25,28). The molecule has 1 atom stereocenters. The van der Waals surface area contributed by atoms with Gasteiger partial charge in [0.15, 0.2) is 0 Å². The van der Waals surface area contributed by atoms with E-state index in [9.17, 15) is 9.59 Å². The van der Waals surface area contributed by atoms with Crippen molar-refractivity contribution in [3.8, 4) is 16.9 Å². The fourth-order valence-corrected chi connectivity index (χ4v) is 3.52. The third-order valence-electron chi connectivity index (χ3n) is 4.64. The molecule has 1 aromatic heterocycles. The van der Waals surface area contributed by atoms with E-state index in [2.05, 4.69) is 15.7 Å². The van der Waals surface area contributed by atoms with Crippen molar-refractivity contribution in [2.45, 2.75) is 12.5 Å². The van der Waals surface area contributed by atoms with Gasteiger partial charge in [0.25, 0.3) is 5.91 Å². The topological polar surface area (TPSA) is 85.2 Å². The van der Waals surface area contributed by atoms with Gasteiger partial charge in [0.1, 0.15) is 17.6 Å². The van der Waals surface area contributed by atoms with Crippen LogP contribution in [-0.2, 0) is 9.59 Å². The summed E-state index contributed by atoms with van der Waals surface area (Å²) in [6, 6.07) is 11.6. The van der Waals surface area contributed by atoms with Gasteiger partial charge in [-0.05, 0) is 29.8 Å². The minimum Gasteiger partial charge on any atom is -0.497 e. The highest BCUT2D eigenvalue weighted by Gasteiger charge is 2.35. The number of anilines is 2. The van der Waals surface area contributed by atoms with Crippen molar-refractivity contribution in [2.75, 3.05) is 17.7 Å². The van der Waals surface area contributed by atoms with Gasteiger partial charge >= 0.3 is 0 Å². The van der Waals surface area contributed by atoms with Crippen LogP contribution in [0.1, 0.15) is 12.5 Å². The number of nitrogens with one attached hydrogen (secondary N) is 2. The Morgan fingerprint density at radius 1 is 1.24 bits per heavy atom. The number of hydrogen-bond acceptors (Lipinski definition) is 4. The molecule has 0 saturated carbocycles. The summed E-state index contributed by atoms with van der Waals surface area (Å²) in [5.74, 6) is 0.619. The zero-order valence-electron chi connectivity index (χ0n) is 15.3. The Bertz CT molecular complexity index is 1100. The molecule has 9 heteroatoms. The van der Waals surface area contributed by atoms with E-state index in [1.54, 1.807) is 31.5 Å². The van der Waals surface area contributed by atoms with Crippen LogP contribution in [-0.4, -0.2) is 28.7 Å². The van der Waals surface area contributed by atoms with E-state index in [1.165, 1.54) is 4.68 Å². The fraction of sp³-hybridized carbons (Fsp3) is 0.150. The summed E-state index contributed by atoms with van der Waals surface area (Å²) < 4.78 is 6.70. The van der Waals surface area contributed by atoms with Gasteiger partial charge in [-0.1, -0.05) is 41.4 Å². The Labute approximate surface area is 176 Å². The number of rotatable bonds is 5. The molecule has 148 valence electrons. The van der Waals surface area contributed by atoms with E-state index in [1.807, 2.05) is 24.3 Å². The van der Waals surface area contributed by atoms with E-state index < -0.39 is 6.04 Å². The predicted octanol–water partition coefficient (Wildman–Crippen LogP) is 4.39. The zero-order valence-corrected chi connectivity index (χ0v) is 16.8. The van der Waals surface area contributed by atoms with Crippen LogP contribution in [0.15, 0.2) is 48.7 Å². The largest absolute Gasteiger partial charge is 0.497 e. The first-order chi connectivity index (χ1) is 14.0. The van der Waals surface area contributed by atoms with Crippen molar-refractivity contribution in [1.82, 2.24) is 9.78 Å². The molecule has 0 spiro atoms. The fourth-order valence-electron chi connectivity index (χ4n) is 3.17. The lowest BCUT2D eigenvalue weighted by Crippen LogP contribution is -2.23. The average Bonchev–Trinajstić information content (AvgIpc) is 3.25. The molecule has 0 aliphatic carbocycles. The molecule has 0 radical (unpaired) electrons. The summed E-state index contributed by atoms with van der Waals surface area (Å²) in [5, 5.41) is 10.4. The average molecular weight is 431 g/mol. The molecule has 2 aromatic carbocycles. The molecule has 2 heterocycles. The van der Waals surface area contributed by atoms with Crippen molar-refractivity contribution < 1.29 is 14.3 Å². The van der Waals surface area contributed by atoms with Gasteiger partial charge < -0.3 is 15.4 Å². The van der Waals surface area contributed by atoms with E-state index in [-0.39, 0.29) is 23.3 Å². The summed E-state index contributed by atoms with van der Waals surface area (Å²) in [5.41, 5.74) is 2.03. The van der Waals surface area contributed by atoms with E-state index in [0.29, 0.717) is 16.5 Å². The van der Waals surface area contributed by atoms with Crippen molar-refractivity contribution in [3.63, 3.8) is 0 Å². The van der Waals surface area contributed by atoms with E-state index in [0.717, 1.165) is 16.9 Å². The van der Waals surface area contributed by atoms with Gasteiger partial charge in [-0.3, -0.25) is 9.59 Å². The van der Waals surface area contributed by atoms with Gasteiger partial charge in [0.05, 0.1) is 35.5 Å². The number of carbonyl (C=O) groups excluding carboxylic acids is 2. The Kier molecular flexibility index (Phi) is 5.17. The van der Waals surface area contributed by atoms with Crippen molar-refractivity contribution in [2.24, 2.45) is 0 Å². The number of amides is 2. The van der Waals surface area contributed by atoms with Gasteiger partial charge in [-0.2, -0.15) is 5.10 Å². The first kappa shape index (κ1) is 19.3. The number of methoxy groups -OCH3 is 1. The SMILES string of the molecule is COc1ccc(-c2cnn3c2NC(=O)C3CC(=O)Nc2cccc(Cl)c2Cl)cc1. The molecule has 3 aromatic rings. The lowest BCUT2D eigenvalue weighted by molar-refractivity contribution is -0.123. The maximum absolute atomic E-state index is 12.5. The Balaban J connectivity index is 1.54. The summed E-state index contributed by atoms with van der Waals surface area (Å²) in [6.07, 6.45) is 1.57. The molecule has 0 fully saturated rings. The number of benzene rings is 2. The minimum atomic E-state index is -0.755. The summed E-state index contributed by atoms with van der Waals surface area (Å²) >= 11 is 12.1. The molecule has 1 aliphatic rings. The third-order valence-corrected chi connectivity index (χ3v) is 5.46. The summed E-state index contributed by atoms with van der Waals surface area (Å²) in [7, 11) is 1.60. The lowest BCUT2D eigenvalue weighted by Gasteiger charge is -2.11. The number of fused-ring (bicyclic) bond motifs is 1. The summed E-state index contributed by atoms with van der Waals surface area (Å²) in [6.45, 7) is 0. The first-order valence-corrected chi connectivity index (χ1v) is 9.50. The van der Waals surface area contributed by atoms with Crippen LogP contribution in [0.4, 0.5) is 11.5 Å². The number of carbonyl (C=O) groups is 2. The third kappa shape index (κ3) is 3.66. The maximum atomic E-state index is 12.5. The highest BCUT2D eigenvalue weighted by molar-refractivity contribution is 6.44. The van der Waals surface area contributed by atoms with Crippen LogP contribution < -0.4 is 15.4 Å². The van der Waals surface area contributed by atoms with E-state index in [4.69, 9.17) is 27.9 Å². The smallest absolute Gasteiger partial charge is 0.251 e. The monoisotopic (exact) mass is 430 g/mol. The molecule has 7 nitrogen and oxygen atoms in total. The Hall–Kier alpha value is -3.03. The van der Waals surface area contributed by atoms with Crippen LogP contribution in [0.3, 0.4) is 0 Å². The molecule has 1 unspecified atom stereocenters. The van der Waals surface area contributed by atoms with E-state index >= 15 is 0 Å². The molecule has 29 heavy (non-hydrogen) atoms. The minimum absolute atomic E-state index is 0.0919. The molecule has 0 bridgehead atoms. The molecule has 4 rings (SSSR count). The number of nitrogens with zero attached hydrogens (tertiary/aromatic N) is 2. The Morgan fingerprint density at radius 3 is 2.72 bits per heavy atom. The number of hydrogen-bond donors (Lipinski definition) is 2. The predicted molar refractivity (Wildman–Crippen MR) is 112 cm³/mol. The molecule has 2 amide bonds. The van der Waals surface area contributed by atoms with Gasteiger partial charge in [0, 0.05) is 5.56 Å². The Morgan fingerprint density at radius 2 is 2.00 bits per heavy atom. The molecule has 0 saturated heterocycles. The van der Waals surface area contributed by atoms with Crippen LogP contribution in [0.2, 0.25) is 10.0 Å². The van der Waals surface area contributed by atoms with Gasteiger partial charge in [0.2, 0.25) is 5.91 Å².